The van der Waals surface area contributed by atoms with Gasteiger partial charge in [-0.25, -0.2) is 4.79 Å². The molecule has 0 fully saturated rings. The summed E-state index contributed by atoms with van der Waals surface area (Å²) in [5, 5.41) is 13.5. The first-order valence-electron chi connectivity index (χ1n) is 8.58. The second-order valence-electron chi connectivity index (χ2n) is 5.79. The van der Waals surface area contributed by atoms with Gasteiger partial charge in [0.25, 0.3) is 0 Å². The van der Waals surface area contributed by atoms with Gasteiger partial charge in [0.1, 0.15) is 5.57 Å². The molecule has 0 aliphatic carbocycles. The Kier molecular flexibility index (Phi) is 6.06. The zero-order chi connectivity index (χ0) is 20.1. The summed E-state index contributed by atoms with van der Waals surface area (Å²) in [6.45, 7) is 1.86. The number of thioether (sulfide) groups is 1. The zero-order valence-corrected chi connectivity index (χ0v) is 16.2. The molecule has 0 spiro atoms. The number of aromatic hydroxyl groups is 1. The van der Waals surface area contributed by atoms with Crippen molar-refractivity contribution in [3.8, 4) is 11.5 Å². The molecule has 1 aliphatic heterocycles. The number of benzene rings is 2. The summed E-state index contributed by atoms with van der Waals surface area (Å²) in [5.41, 5.74) is 1.33. The van der Waals surface area contributed by atoms with E-state index >= 15 is 0 Å². The fraction of sp³-hybridized carbons (Fsp3) is 0.143. The molecule has 1 aliphatic rings. The fourth-order valence-electron chi connectivity index (χ4n) is 2.61. The molecule has 0 atom stereocenters. The van der Waals surface area contributed by atoms with E-state index in [0.717, 1.165) is 17.4 Å². The Morgan fingerprint density at radius 2 is 1.96 bits per heavy atom. The topological polar surface area (TPSA) is 84.9 Å². The van der Waals surface area contributed by atoms with E-state index in [2.05, 4.69) is 5.32 Å². The van der Waals surface area contributed by atoms with Crippen molar-refractivity contribution in [2.75, 3.05) is 19.0 Å². The maximum atomic E-state index is 12.9. The molecule has 0 unspecified atom stereocenters. The van der Waals surface area contributed by atoms with Crippen molar-refractivity contribution in [1.29, 1.82) is 0 Å². The molecule has 1 heterocycles. The Hall–Kier alpha value is -3.19. The van der Waals surface area contributed by atoms with E-state index in [1.807, 2.05) is 30.3 Å². The number of para-hydroxylation sites is 1. The minimum atomic E-state index is -0.667. The van der Waals surface area contributed by atoms with Gasteiger partial charge in [0.05, 0.1) is 23.7 Å². The predicted octanol–water partition coefficient (Wildman–Crippen LogP) is 3.94. The van der Waals surface area contributed by atoms with Gasteiger partial charge in [0, 0.05) is 5.69 Å². The van der Waals surface area contributed by atoms with Crippen molar-refractivity contribution in [2.45, 2.75) is 6.92 Å². The number of hydrogen-bond donors (Lipinski definition) is 2. The number of methoxy groups -OCH3 is 1. The number of allylic oxidation sites excluding steroid dienone is 1. The lowest BCUT2D eigenvalue weighted by Gasteiger charge is -2.08. The van der Waals surface area contributed by atoms with Crippen molar-refractivity contribution < 1.29 is 24.2 Å². The highest BCUT2D eigenvalue weighted by molar-refractivity contribution is 8.08. The van der Waals surface area contributed by atoms with Gasteiger partial charge in [-0.2, -0.15) is 0 Å². The van der Waals surface area contributed by atoms with Crippen LogP contribution in [0.3, 0.4) is 0 Å². The summed E-state index contributed by atoms with van der Waals surface area (Å²) in [6.07, 6.45) is 1.62. The number of carbonyl (C=O) groups is 2. The van der Waals surface area contributed by atoms with Crippen LogP contribution in [0.4, 0.5) is 5.69 Å². The molecule has 28 heavy (non-hydrogen) atoms. The molecule has 6 nitrogen and oxygen atoms in total. The molecular formula is C21H19NO5S. The van der Waals surface area contributed by atoms with Crippen LogP contribution in [-0.4, -0.2) is 30.6 Å². The second kappa shape index (κ2) is 8.67. The first-order chi connectivity index (χ1) is 13.5. The van der Waals surface area contributed by atoms with Crippen LogP contribution in [0.15, 0.2) is 64.0 Å². The number of Topliss-reactive ketones (excluding diaryl/α,β-unsaturated/α-hetero) is 1. The summed E-state index contributed by atoms with van der Waals surface area (Å²) >= 11 is 1.15. The van der Waals surface area contributed by atoms with Gasteiger partial charge in [-0.3, -0.25) is 4.79 Å². The minimum absolute atomic E-state index is 0.0281. The lowest BCUT2D eigenvalue weighted by molar-refractivity contribution is -0.139. The number of phenolic OH excluding ortho intramolecular Hbond substituents is 1. The summed E-state index contributed by atoms with van der Waals surface area (Å²) in [4.78, 5) is 25.6. The molecule has 2 aromatic rings. The number of esters is 1. The van der Waals surface area contributed by atoms with Crippen molar-refractivity contribution in [1.82, 2.24) is 0 Å². The summed E-state index contributed by atoms with van der Waals surface area (Å²) in [5.74, 6) is -0.783. The minimum Gasteiger partial charge on any atom is -0.504 e. The maximum Gasteiger partial charge on any atom is 0.344 e. The first kappa shape index (κ1) is 19.6. The van der Waals surface area contributed by atoms with Crippen LogP contribution in [-0.2, 0) is 14.3 Å². The number of phenols is 1. The Labute approximate surface area is 166 Å². The molecule has 0 saturated heterocycles. The van der Waals surface area contributed by atoms with Crippen LogP contribution in [0.25, 0.3) is 6.08 Å². The molecule has 0 amide bonds. The third-order valence-corrected chi connectivity index (χ3v) is 4.94. The van der Waals surface area contributed by atoms with Crippen LogP contribution >= 0.6 is 11.8 Å². The number of rotatable bonds is 6. The second-order valence-corrected chi connectivity index (χ2v) is 6.84. The van der Waals surface area contributed by atoms with Crippen LogP contribution in [0.5, 0.6) is 11.5 Å². The molecule has 0 aromatic heterocycles. The SMILES string of the molecule is CCOC(=O)C1=C(Nc2ccccc2)S/C(=C\c2ccc(OC)c(O)c2)C1=O. The van der Waals surface area contributed by atoms with E-state index < -0.39 is 11.8 Å². The van der Waals surface area contributed by atoms with E-state index in [1.165, 1.54) is 13.2 Å². The standard InChI is InChI=1S/C21H19NO5S/c1-3-27-21(25)18-19(24)17(12-13-9-10-16(26-2)15(23)11-13)28-20(18)22-14-7-5-4-6-8-14/h4-12,22-23H,3H2,1-2H3/b17-12-. The molecule has 7 heteroatoms. The van der Waals surface area contributed by atoms with E-state index in [4.69, 9.17) is 9.47 Å². The van der Waals surface area contributed by atoms with Crippen LogP contribution < -0.4 is 10.1 Å². The number of carbonyl (C=O) groups excluding carboxylic acids is 2. The van der Waals surface area contributed by atoms with Gasteiger partial charge in [-0.1, -0.05) is 36.0 Å². The number of ether oxygens (including phenoxy) is 2. The molecule has 2 N–H and O–H groups in total. The Balaban J connectivity index is 1.93. The summed E-state index contributed by atoms with van der Waals surface area (Å²) in [7, 11) is 1.46. The average Bonchev–Trinajstić information content (AvgIpc) is 2.98. The van der Waals surface area contributed by atoms with E-state index in [9.17, 15) is 14.7 Å². The zero-order valence-electron chi connectivity index (χ0n) is 15.4. The Morgan fingerprint density at radius 3 is 2.61 bits per heavy atom. The van der Waals surface area contributed by atoms with Crippen LogP contribution in [0.2, 0.25) is 0 Å². The molecule has 2 aromatic carbocycles. The lowest BCUT2D eigenvalue weighted by atomic mass is 10.1. The third kappa shape index (κ3) is 4.20. The molecule has 0 saturated carbocycles. The lowest BCUT2D eigenvalue weighted by Crippen LogP contribution is -2.16. The van der Waals surface area contributed by atoms with E-state index in [1.54, 1.807) is 25.1 Å². The Bertz CT molecular complexity index is 966. The van der Waals surface area contributed by atoms with Gasteiger partial charge < -0.3 is 19.9 Å². The molecule has 0 radical (unpaired) electrons. The molecule has 3 rings (SSSR count). The Morgan fingerprint density at radius 1 is 1.21 bits per heavy atom. The highest BCUT2D eigenvalue weighted by Gasteiger charge is 2.35. The number of nitrogens with one attached hydrogen (secondary N) is 1. The van der Waals surface area contributed by atoms with E-state index in [-0.39, 0.29) is 17.9 Å². The predicted molar refractivity (Wildman–Crippen MR) is 109 cm³/mol. The maximum absolute atomic E-state index is 12.9. The smallest absolute Gasteiger partial charge is 0.344 e. The average molecular weight is 397 g/mol. The quantitative estimate of drug-likeness (QED) is 0.434. The van der Waals surface area contributed by atoms with Gasteiger partial charge in [0.2, 0.25) is 5.78 Å². The molecule has 144 valence electrons. The number of anilines is 1. The first-order valence-corrected chi connectivity index (χ1v) is 9.39. The van der Waals surface area contributed by atoms with Gasteiger partial charge in [0.15, 0.2) is 11.5 Å². The summed E-state index contributed by atoms with van der Waals surface area (Å²) < 4.78 is 10.1. The fourth-order valence-corrected chi connectivity index (χ4v) is 3.66. The van der Waals surface area contributed by atoms with Crippen molar-refractivity contribution >= 4 is 35.3 Å². The van der Waals surface area contributed by atoms with Gasteiger partial charge >= 0.3 is 5.97 Å². The van der Waals surface area contributed by atoms with Crippen LogP contribution in [0.1, 0.15) is 12.5 Å². The van der Waals surface area contributed by atoms with E-state index in [0.29, 0.717) is 21.2 Å². The number of ketones is 1. The van der Waals surface area contributed by atoms with Crippen molar-refractivity contribution in [3.05, 3.63) is 69.6 Å². The third-order valence-electron chi connectivity index (χ3n) is 3.90. The highest BCUT2D eigenvalue weighted by atomic mass is 32.2. The normalized spacial score (nSPS) is 15.1. The largest absolute Gasteiger partial charge is 0.504 e. The van der Waals surface area contributed by atoms with Gasteiger partial charge in [-0.05, 0) is 42.8 Å². The van der Waals surface area contributed by atoms with Crippen molar-refractivity contribution in [2.24, 2.45) is 0 Å². The molecule has 0 bridgehead atoms. The monoisotopic (exact) mass is 397 g/mol. The highest BCUT2D eigenvalue weighted by Crippen LogP contribution is 2.40. The van der Waals surface area contributed by atoms with Gasteiger partial charge in [-0.15, -0.1) is 0 Å². The molecular weight excluding hydrogens is 378 g/mol. The number of hydrogen-bond acceptors (Lipinski definition) is 7. The summed E-state index contributed by atoms with van der Waals surface area (Å²) in [6, 6.07) is 14.1. The van der Waals surface area contributed by atoms with Crippen molar-refractivity contribution in [3.63, 3.8) is 0 Å². The van der Waals surface area contributed by atoms with Crippen LogP contribution in [0, 0.1) is 0 Å².